The van der Waals surface area contributed by atoms with E-state index >= 15 is 0 Å². The number of Topliss-reactive ketones (excluding diaryl/α,β-unsaturated/α-hetero) is 1. The summed E-state index contributed by atoms with van der Waals surface area (Å²) >= 11 is 6.04. The molecule has 0 fully saturated rings. The molecule has 96 valence electrons. The highest BCUT2D eigenvalue weighted by molar-refractivity contribution is 6.33. The molecule has 4 nitrogen and oxygen atoms in total. The Kier molecular flexibility index (Phi) is 4.71. The number of ketones is 1. The third-order valence-corrected chi connectivity index (χ3v) is 3.29. The first-order chi connectivity index (χ1) is 7.94. The van der Waals surface area contributed by atoms with Crippen molar-refractivity contribution in [2.45, 2.75) is 33.7 Å². The van der Waals surface area contributed by atoms with E-state index in [0.717, 1.165) is 6.42 Å². The maximum absolute atomic E-state index is 12.4. The van der Waals surface area contributed by atoms with Crippen LogP contribution in [0.1, 0.15) is 37.7 Å². The van der Waals surface area contributed by atoms with Crippen LogP contribution < -0.4 is 0 Å². The lowest BCUT2D eigenvalue weighted by Crippen LogP contribution is -2.27. The number of aromatic nitrogens is 2. The van der Waals surface area contributed by atoms with Gasteiger partial charge in [-0.05, 0) is 6.42 Å². The summed E-state index contributed by atoms with van der Waals surface area (Å²) in [5, 5.41) is 4.52. The van der Waals surface area contributed by atoms with E-state index in [-0.39, 0.29) is 5.78 Å². The summed E-state index contributed by atoms with van der Waals surface area (Å²) in [4.78, 5) is 12.4. The van der Waals surface area contributed by atoms with Gasteiger partial charge >= 0.3 is 0 Å². The molecule has 1 heterocycles. The standard InChI is InChI=1S/C12H19ClN2O2/c1-5-12(2,3)11(16)10-9(13)8-14-15(10)6-7-17-4/h8H,5-7H2,1-4H3. The number of nitrogens with zero attached hydrogens (tertiary/aromatic N) is 2. The molecule has 0 radical (unpaired) electrons. The summed E-state index contributed by atoms with van der Waals surface area (Å²) in [5.74, 6) is 0.0265. The van der Waals surface area contributed by atoms with Crippen LogP contribution in [0.3, 0.4) is 0 Å². The molecule has 0 aliphatic heterocycles. The van der Waals surface area contributed by atoms with Crippen LogP contribution in [0.15, 0.2) is 6.20 Å². The summed E-state index contributed by atoms with van der Waals surface area (Å²) in [6.07, 6.45) is 2.27. The molecule has 5 heteroatoms. The molecule has 0 amide bonds. The van der Waals surface area contributed by atoms with Gasteiger partial charge in [0.05, 0.1) is 24.4 Å². The molecule has 0 aliphatic carbocycles. The van der Waals surface area contributed by atoms with Gasteiger partial charge in [-0.2, -0.15) is 5.10 Å². The second-order valence-electron chi connectivity index (χ2n) is 4.62. The van der Waals surface area contributed by atoms with Crippen molar-refractivity contribution >= 4 is 17.4 Å². The minimum absolute atomic E-state index is 0.0265. The SMILES string of the molecule is CCC(C)(C)C(=O)c1c(Cl)cnn1CCOC. The van der Waals surface area contributed by atoms with Crippen molar-refractivity contribution in [3.8, 4) is 0 Å². The van der Waals surface area contributed by atoms with Gasteiger partial charge in [0.1, 0.15) is 5.69 Å². The Bertz CT molecular complexity index is 399. The highest BCUT2D eigenvalue weighted by atomic mass is 35.5. The van der Waals surface area contributed by atoms with Crippen LogP contribution in [0.5, 0.6) is 0 Å². The van der Waals surface area contributed by atoms with E-state index in [4.69, 9.17) is 16.3 Å². The van der Waals surface area contributed by atoms with E-state index in [1.807, 2.05) is 20.8 Å². The van der Waals surface area contributed by atoms with E-state index < -0.39 is 5.41 Å². The lowest BCUT2D eigenvalue weighted by molar-refractivity contribution is 0.0818. The van der Waals surface area contributed by atoms with Crippen LogP contribution in [0.4, 0.5) is 0 Å². The molecule has 0 spiro atoms. The molecule has 0 saturated heterocycles. The molecular formula is C12H19ClN2O2. The van der Waals surface area contributed by atoms with Gasteiger partial charge in [-0.1, -0.05) is 32.4 Å². The van der Waals surface area contributed by atoms with E-state index in [0.29, 0.717) is 23.9 Å². The number of ether oxygens (including phenoxy) is 1. The molecule has 1 aromatic rings. The number of carbonyl (C=O) groups excluding carboxylic acids is 1. The maximum Gasteiger partial charge on any atom is 0.187 e. The molecule has 1 aromatic heterocycles. The van der Waals surface area contributed by atoms with Gasteiger partial charge in [-0.25, -0.2) is 0 Å². The summed E-state index contributed by atoms with van der Waals surface area (Å²) in [6, 6.07) is 0. The summed E-state index contributed by atoms with van der Waals surface area (Å²) in [6.45, 7) is 6.86. The number of hydrogen-bond donors (Lipinski definition) is 0. The van der Waals surface area contributed by atoms with E-state index in [1.165, 1.54) is 6.20 Å². The Morgan fingerprint density at radius 2 is 2.24 bits per heavy atom. The fourth-order valence-corrected chi connectivity index (χ4v) is 1.64. The Hall–Kier alpha value is -0.870. The van der Waals surface area contributed by atoms with E-state index in [1.54, 1.807) is 11.8 Å². The van der Waals surface area contributed by atoms with Crippen LogP contribution in [0.25, 0.3) is 0 Å². The smallest absolute Gasteiger partial charge is 0.187 e. The van der Waals surface area contributed by atoms with Gasteiger partial charge in [-0.15, -0.1) is 0 Å². The Morgan fingerprint density at radius 3 is 2.76 bits per heavy atom. The van der Waals surface area contributed by atoms with Gasteiger partial charge in [-0.3, -0.25) is 9.48 Å². The predicted molar refractivity (Wildman–Crippen MR) is 67.5 cm³/mol. The van der Waals surface area contributed by atoms with Crippen LogP contribution in [-0.2, 0) is 11.3 Å². The largest absolute Gasteiger partial charge is 0.383 e. The molecule has 0 saturated carbocycles. The second-order valence-corrected chi connectivity index (χ2v) is 5.03. The molecule has 0 N–H and O–H groups in total. The lowest BCUT2D eigenvalue weighted by atomic mass is 9.84. The quantitative estimate of drug-likeness (QED) is 0.737. The number of carbonyl (C=O) groups is 1. The Morgan fingerprint density at radius 1 is 1.59 bits per heavy atom. The van der Waals surface area contributed by atoms with E-state index in [9.17, 15) is 4.79 Å². The molecule has 0 bridgehead atoms. The van der Waals surface area contributed by atoms with Crippen molar-refractivity contribution in [1.29, 1.82) is 0 Å². The van der Waals surface area contributed by atoms with Gasteiger partial charge in [0, 0.05) is 12.5 Å². The third-order valence-electron chi connectivity index (χ3n) is 3.02. The zero-order chi connectivity index (χ0) is 13.1. The normalized spacial score (nSPS) is 11.8. The molecule has 0 unspecified atom stereocenters. The van der Waals surface area contributed by atoms with Gasteiger partial charge in [0.15, 0.2) is 5.78 Å². The fourth-order valence-electron chi connectivity index (χ4n) is 1.42. The topological polar surface area (TPSA) is 44.1 Å². The van der Waals surface area contributed by atoms with Crippen LogP contribution in [0.2, 0.25) is 5.02 Å². The maximum atomic E-state index is 12.4. The summed E-state index contributed by atoms with van der Waals surface area (Å²) in [5.41, 5.74) is 0.0599. The number of halogens is 1. The average Bonchev–Trinajstić information content (AvgIpc) is 2.66. The minimum Gasteiger partial charge on any atom is -0.383 e. The second kappa shape index (κ2) is 5.65. The van der Waals surface area contributed by atoms with Crippen molar-refractivity contribution in [3.05, 3.63) is 16.9 Å². The molecule has 0 aromatic carbocycles. The monoisotopic (exact) mass is 258 g/mol. The third kappa shape index (κ3) is 3.07. The molecule has 0 atom stereocenters. The van der Waals surface area contributed by atoms with Gasteiger partial charge in [0.25, 0.3) is 0 Å². The lowest BCUT2D eigenvalue weighted by Gasteiger charge is -2.21. The van der Waals surface area contributed by atoms with Crippen molar-refractivity contribution in [2.75, 3.05) is 13.7 Å². The highest BCUT2D eigenvalue weighted by Gasteiger charge is 2.31. The van der Waals surface area contributed by atoms with Crippen molar-refractivity contribution < 1.29 is 9.53 Å². The molecular weight excluding hydrogens is 240 g/mol. The summed E-state index contributed by atoms with van der Waals surface area (Å²) in [7, 11) is 1.61. The Balaban J connectivity index is 3.03. The predicted octanol–water partition coefficient (Wildman–Crippen LogP) is 2.80. The first-order valence-corrected chi connectivity index (χ1v) is 6.07. The number of rotatable bonds is 6. The molecule has 17 heavy (non-hydrogen) atoms. The van der Waals surface area contributed by atoms with Crippen LogP contribution in [0, 0.1) is 5.41 Å². The van der Waals surface area contributed by atoms with Crippen molar-refractivity contribution in [3.63, 3.8) is 0 Å². The van der Waals surface area contributed by atoms with Gasteiger partial charge in [0.2, 0.25) is 0 Å². The van der Waals surface area contributed by atoms with Gasteiger partial charge < -0.3 is 4.74 Å². The first kappa shape index (κ1) is 14.2. The van der Waals surface area contributed by atoms with Crippen LogP contribution >= 0.6 is 11.6 Å². The first-order valence-electron chi connectivity index (χ1n) is 5.69. The van der Waals surface area contributed by atoms with Crippen LogP contribution in [-0.4, -0.2) is 29.3 Å². The zero-order valence-electron chi connectivity index (χ0n) is 10.8. The average molecular weight is 259 g/mol. The summed E-state index contributed by atoms with van der Waals surface area (Å²) < 4.78 is 6.60. The Labute approximate surface area is 107 Å². The number of methoxy groups -OCH3 is 1. The minimum atomic E-state index is -0.422. The van der Waals surface area contributed by atoms with Crippen molar-refractivity contribution in [2.24, 2.45) is 5.41 Å². The zero-order valence-corrected chi connectivity index (χ0v) is 11.5. The van der Waals surface area contributed by atoms with Crippen molar-refractivity contribution in [1.82, 2.24) is 9.78 Å². The molecule has 1 rings (SSSR count). The van der Waals surface area contributed by atoms with E-state index in [2.05, 4.69) is 5.10 Å². The molecule has 0 aliphatic rings. The highest BCUT2D eigenvalue weighted by Crippen LogP contribution is 2.29. The fraction of sp³-hybridized carbons (Fsp3) is 0.667. The number of hydrogen-bond acceptors (Lipinski definition) is 3.